The summed E-state index contributed by atoms with van der Waals surface area (Å²) in [5, 5.41) is 35.7. The average molecular weight is 1670 g/mol. The van der Waals surface area contributed by atoms with Gasteiger partial charge in [-0.25, -0.2) is 24.0 Å². The van der Waals surface area contributed by atoms with Crippen LogP contribution >= 0.6 is 0 Å². The summed E-state index contributed by atoms with van der Waals surface area (Å²) in [4.78, 5) is 86.0. The van der Waals surface area contributed by atoms with E-state index < -0.39 is 28.0 Å². The summed E-state index contributed by atoms with van der Waals surface area (Å²) in [5.41, 5.74) is 19.5. The molecule has 0 fully saturated rings. The van der Waals surface area contributed by atoms with E-state index >= 15 is 0 Å². The Morgan fingerprint density at radius 2 is 0.619 bits per heavy atom. The third kappa shape index (κ3) is 35.6. The van der Waals surface area contributed by atoms with Crippen molar-refractivity contribution in [1.82, 2.24) is 24.5 Å². The topological polar surface area (TPSA) is 263 Å². The molecule has 0 radical (unpaired) electrons. The maximum absolute atomic E-state index is 12.2. The number of nitrogens with zero attached hydrogens (tertiary/aromatic N) is 5. The van der Waals surface area contributed by atoms with Crippen molar-refractivity contribution in [2.24, 2.45) is 0 Å². The van der Waals surface area contributed by atoms with Crippen LogP contribution in [0.2, 0.25) is 0 Å². The Balaban J connectivity index is -0.000000637. The molecule has 5 aromatic rings. The van der Waals surface area contributed by atoms with Crippen molar-refractivity contribution in [2.75, 3.05) is 39.8 Å². The number of carbonyl (C=O) groups is 5. The van der Waals surface area contributed by atoms with Gasteiger partial charge in [-0.05, 0) is 289 Å². The van der Waals surface area contributed by atoms with Crippen LogP contribution in [-0.2, 0) is 151 Å². The number of carbonyl (C=O) groups excluding carboxylic acids is 7. The van der Waals surface area contributed by atoms with Gasteiger partial charge in [-0.3, -0.25) is 0 Å². The average Bonchev–Trinajstić information content (AvgIpc) is 0.920. The zero-order valence-corrected chi connectivity index (χ0v) is 70.5. The summed E-state index contributed by atoms with van der Waals surface area (Å²) in [6, 6.07) is 20.1. The molecule has 5 aliphatic rings. The normalized spacial score (nSPS) is 13.4. The van der Waals surface area contributed by atoms with Crippen molar-refractivity contribution in [2.45, 2.75) is 308 Å². The van der Waals surface area contributed by atoms with Gasteiger partial charge in [-0.2, -0.15) is 9.59 Å². The standard InChI is InChI=1S/C17H25NO3.2C17H25NO2.C16H23NO3.C16H21NO3.CO2.CH4O.5CH4.CH3.Pd/c1-5-13-8-12(11-19)9-14-6-7-18(10-15(13)14)16(20)21-17(2,3)4;2*1-6-13-9-12(2)10-14-7-8-18(11-15(13)14)16(19)20-17(3,4)5;2*1-5-11-8-13(18)9-12-6-7-17(10-14(11)12)15(19)20-16(2,3)4;2-1-3;1-2;;;;;;;/h8-9,19H,5-7,10-11H2,1-4H3;2*9-10H,6-8,11H2,1-5H3;8-9,18H,5-7,10H2,1-4H3;5,8-9,18H,1,6-7,10H2,2-4H3;;2H,1H3;5*1H4;1H3;/q;;;;;;;;;;;;-1;. The summed E-state index contributed by atoms with van der Waals surface area (Å²) >= 11 is 0. The van der Waals surface area contributed by atoms with E-state index in [1.165, 1.54) is 61.2 Å². The molecular formula is C91H146N5O16Pd-. The van der Waals surface area contributed by atoms with Crippen LogP contribution in [-0.4, -0.2) is 149 Å². The van der Waals surface area contributed by atoms with Crippen molar-refractivity contribution >= 4 is 42.7 Å². The molecule has 0 bridgehead atoms. The SMILES string of the molecule is C.C.C.C.C.C=Cc1cc(O)cc2c1CN(C(=O)OC(C)(C)C)CC2.CCc1cc(C)cc2c1CN(C(=O)OC(C)(C)C)CC2.CCc1cc(C)cc2c1CN(C(=O)OC(C)(C)C)CC2.CCc1cc(CO)cc2c1CN(C(=O)OC(C)(C)C)CC2.CCc1cc(O)cc2c1CN(C(=O)OC(C)(C)C)CC2.CO.O=C=O.[CH3-].[Pd]. The summed E-state index contributed by atoms with van der Waals surface area (Å²) in [6.07, 6.45) is 8.62. The van der Waals surface area contributed by atoms with Crippen LogP contribution in [0, 0.1) is 21.3 Å². The number of aliphatic hydroxyl groups is 2. The van der Waals surface area contributed by atoms with Gasteiger partial charge in [0.2, 0.25) is 0 Å². The molecule has 5 amide bonds. The van der Waals surface area contributed by atoms with Crippen molar-refractivity contribution in [3.8, 4) is 11.5 Å². The quantitative estimate of drug-likeness (QED) is 0.0699. The Labute approximate surface area is 695 Å². The number of phenolic OH excluding ortho intramolecular Hbond substituents is 2. The Hall–Kier alpha value is -8.25. The van der Waals surface area contributed by atoms with Crippen LogP contribution in [0.1, 0.15) is 269 Å². The number of aryl methyl sites for hydroxylation is 6. The Morgan fingerprint density at radius 3 is 0.867 bits per heavy atom. The largest absolute Gasteiger partial charge is 0.508 e. The molecule has 22 heteroatoms. The second kappa shape index (κ2) is 49.5. The third-order valence-corrected chi connectivity index (χ3v) is 17.6. The molecule has 0 aromatic heterocycles. The number of aromatic hydroxyl groups is 2. The predicted molar refractivity (Wildman–Crippen MR) is 453 cm³/mol. The summed E-state index contributed by atoms with van der Waals surface area (Å²) in [5.74, 6) is 0.552. The number of hydrogen-bond acceptors (Lipinski definition) is 16. The number of aliphatic hydroxyl groups excluding tert-OH is 2. The van der Waals surface area contributed by atoms with Crippen LogP contribution in [0.3, 0.4) is 0 Å². The predicted octanol–water partition coefficient (Wildman–Crippen LogP) is 20.0. The van der Waals surface area contributed by atoms with Gasteiger partial charge in [-0.1, -0.05) is 125 Å². The number of amides is 5. The molecule has 5 aliphatic heterocycles. The minimum atomic E-state index is -0.492. The molecule has 5 heterocycles. The molecule has 113 heavy (non-hydrogen) atoms. The Morgan fingerprint density at radius 1 is 0.398 bits per heavy atom. The molecule has 0 saturated heterocycles. The van der Waals surface area contributed by atoms with E-state index in [1.807, 2.05) is 120 Å². The minimum Gasteiger partial charge on any atom is -0.508 e. The summed E-state index contributed by atoms with van der Waals surface area (Å²) in [6.45, 7) is 51.3. The van der Waals surface area contributed by atoms with Crippen molar-refractivity contribution in [1.29, 1.82) is 0 Å². The van der Waals surface area contributed by atoms with Crippen molar-refractivity contribution in [3.05, 3.63) is 175 Å². The van der Waals surface area contributed by atoms with Crippen LogP contribution in [0.25, 0.3) is 6.08 Å². The molecule has 10 rings (SSSR count). The number of rotatable bonds is 6. The van der Waals surface area contributed by atoms with Gasteiger partial charge in [0, 0.05) is 93.0 Å². The molecule has 0 atom stereocenters. The van der Waals surface area contributed by atoms with Crippen LogP contribution in [0.15, 0.2) is 67.2 Å². The van der Waals surface area contributed by atoms with E-state index in [9.17, 15) is 39.3 Å². The molecule has 0 aliphatic carbocycles. The maximum atomic E-state index is 12.2. The Bertz CT molecular complexity index is 3570. The van der Waals surface area contributed by atoms with E-state index in [4.69, 9.17) is 38.4 Å². The van der Waals surface area contributed by atoms with E-state index in [1.54, 1.807) is 45.0 Å². The number of benzene rings is 5. The van der Waals surface area contributed by atoms with Crippen LogP contribution in [0.4, 0.5) is 24.0 Å². The first-order chi connectivity index (χ1) is 49.4. The van der Waals surface area contributed by atoms with Gasteiger partial charge in [0.25, 0.3) is 0 Å². The number of hydrogen-bond donors (Lipinski definition) is 4. The van der Waals surface area contributed by atoms with Crippen molar-refractivity contribution < 1.29 is 98.1 Å². The zero-order valence-electron chi connectivity index (χ0n) is 68.9. The first-order valence-electron chi connectivity index (χ1n) is 37.1. The van der Waals surface area contributed by atoms with E-state index in [0.717, 1.165) is 111 Å². The maximum Gasteiger partial charge on any atom is 0.410 e. The number of ether oxygens (including phenoxy) is 5. The first-order valence-corrected chi connectivity index (χ1v) is 37.1. The number of fused-ring (bicyclic) bond motifs is 5. The van der Waals surface area contributed by atoms with E-state index in [0.29, 0.717) is 64.5 Å². The first kappa shape index (κ1) is 111. The van der Waals surface area contributed by atoms with Crippen LogP contribution < -0.4 is 0 Å². The van der Waals surface area contributed by atoms with Gasteiger partial charge >= 0.3 is 36.6 Å². The van der Waals surface area contributed by atoms with E-state index in [2.05, 4.69) is 78.5 Å². The fourth-order valence-electron chi connectivity index (χ4n) is 13.0. The van der Waals surface area contributed by atoms with Gasteiger partial charge in [-0.15, -0.1) is 0 Å². The molecule has 4 N–H and O–H groups in total. The smallest absolute Gasteiger partial charge is 0.410 e. The molecule has 5 aromatic carbocycles. The monoisotopic (exact) mass is 1670 g/mol. The molecule has 21 nitrogen and oxygen atoms in total. The minimum absolute atomic E-state index is 0. The summed E-state index contributed by atoms with van der Waals surface area (Å²) < 4.78 is 27.2. The second-order valence-electron chi connectivity index (χ2n) is 32.1. The Kier molecular flexibility index (Phi) is 48.7. The van der Waals surface area contributed by atoms with Gasteiger partial charge in [0.15, 0.2) is 0 Å². The number of phenols is 2. The fraction of sp³-hybridized carbons (Fsp3) is 0.571. The molecular weight excluding hydrogens is 1530 g/mol. The molecule has 0 spiro atoms. The molecule has 0 saturated carbocycles. The fourth-order valence-corrected chi connectivity index (χ4v) is 13.0. The zero-order chi connectivity index (χ0) is 80.0. The molecule has 642 valence electrons. The van der Waals surface area contributed by atoms with Gasteiger partial charge in [0.05, 0.1) is 6.61 Å². The second-order valence-corrected chi connectivity index (χ2v) is 32.1. The third-order valence-electron chi connectivity index (χ3n) is 17.6. The van der Waals surface area contributed by atoms with Crippen LogP contribution in [0.5, 0.6) is 11.5 Å². The van der Waals surface area contributed by atoms with Crippen molar-refractivity contribution in [3.63, 3.8) is 0 Å². The van der Waals surface area contributed by atoms with E-state index in [-0.39, 0.29) is 114 Å². The van der Waals surface area contributed by atoms with Gasteiger partial charge < -0.3 is 76.0 Å². The van der Waals surface area contributed by atoms with Gasteiger partial charge in [0.1, 0.15) is 39.5 Å². The molecule has 0 unspecified atom stereocenters. The summed E-state index contributed by atoms with van der Waals surface area (Å²) in [7, 11) is 1.00.